The standard InChI is InChI=1S/C21H27BrN2O3S/c1-5-23(6-2)28(26,27)18-12-13-20(22)19(14-18)21(25)24(16(3)4)15-17-10-8-7-9-11-17/h7-14,16H,5-6,15H2,1-4H3. The Balaban J connectivity index is 2.43. The first kappa shape index (κ1) is 22.6. The van der Waals surface area contributed by atoms with Crippen LogP contribution in [0.25, 0.3) is 0 Å². The zero-order valence-corrected chi connectivity index (χ0v) is 19.1. The van der Waals surface area contributed by atoms with Gasteiger partial charge < -0.3 is 4.90 Å². The van der Waals surface area contributed by atoms with Crippen molar-refractivity contribution < 1.29 is 13.2 Å². The average molecular weight is 467 g/mol. The number of hydrogen-bond acceptors (Lipinski definition) is 3. The van der Waals surface area contributed by atoms with Crippen LogP contribution in [-0.2, 0) is 16.6 Å². The van der Waals surface area contributed by atoms with Gasteiger partial charge in [-0.2, -0.15) is 4.31 Å². The highest BCUT2D eigenvalue weighted by molar-refractivity contribution is 9.10. The molecule has 0 aliphatic rings. The summed E-state index contributed by atoms with van der Waals surface area (Å²) in [6, 6.07) is 14.3. The molecular formula is C21H27BrN2O3S. The Morgan fingerprint density at radius 2 is 1.64 bits per heavy atom. The summed E-state index contributed by atoms with van der Waals surface area (Å²) in [4.78, 5) is 15.2. The molecule has 0 aliphatic carbocycles. The van der Waals surface area contributed by atoms with E-state index in [1.807, 2.05) is 44.2 Å². The topological polar surface area (TPSA) is 57.7 Å². The molecule has 0 aliphatic heterocycles. The van der Waals surface area contributed by atoms with Gasteiger partial charge in [0.25, 0.3) is 5.91 Å². The minimum absolute atomic E-state index is 0.0392. The second-order valence-corrected chi connectivity index (χ2v) is 9.54. The molecule has 0 N–H and O–H groups in total. The van der Waals surface area contributed by atoms with Crippen LogP contribution in [0.1, 0.15) is 43.6 Å². The number of amides is 1. The highest BCUT2D eigenvalue weighted by atomic mass is 79.9. The lowest BCUT2D eigenvalue weighted by molar-refractivity contribution is 0.0689. The molecule has 2 rings (SSSR count). The highest BCUT2D eigenvalue weighted by Crippen LogP contribution is 2.26. The third-order valence-corrected chi connectivity index (χ3v) is 7.33. The quantitative estimate of drug-likeness (QED) is 0.573. The molecule has 0 atom stereocenters. The molecule has 0 heterocycles. The fourth-order valence-electron chi connectivity index (χ4n) is 2.97. The van der Waals surface area contributed by atoms with Crippen LogP contribution in [0.2, 0.25) is 0 Å². The van der Waals surface area contributed by atoms with Crippen LogP contribution in [0.4, 0.5) is 0 Å². The Morgan fingerprint density at radius 1 is 1.04 bits per heavy atom. The van der Waals surface area contributed by atoms with Gasteiger partial charge in [-0.25, -0.2) is 8.42 Å². The number of sulfonamides is 1. The summed E-state index contributed by atoms with van der Waals surface area (Å²) < 4.78 is 27.7. The van der Waals surface area contributed by atoms with Gasteiger partial charge >= 0.3 is 0 Å². The number of halogens is 1. The lowest BCUT2D eigenvalue weighted by Crippen LogP contribution is -2.37. The molecule has 5 nitrogen and oxygen atoms in total. The van der Waals surface area contributed by atoms with E-state index in [-0.39, 0.29) is 16.8 Å². The van der Waals surface area contributed by atoms with Crippen molar-refractivity contribution in [2.24, 2.45) is 0 Å². The lowest BCUT2D eigenvalue weighted by atomic mass is 10.1. The molecule has 2 aromatic carbocycles. The summed E-state index contributed by atoms with van der Waals surface area (Å²) in [5.41, 5.74) is 1.37. The van der Waals surface area contributed by atoms with Crippen molar-refractivity contribution in [1.82, 2.24) is 9.21 Å². The molecular weight excluding hydrogens is 440 g/mol. The van der Waals surface area contributed by atoms with Crippen molar-refractivity contribution in [3.05, 3.63) is 64.1 Å². The summed E-state index contributed by atoms with van der Waals surface area (Å²) in [5.74, 6) is -0.206. The van der Waals surface area contributed by atoms with Gasteiger partial charge in [0.15, 0.2) is 0 Å². The molecule has 0 saturated heterocycles. The van der Waals surface area contributed by atoms with Crippen LogP contribution >= 0.6 is 15.9 Å². The molecule has 1 amide bonds. The first-order valence-corrected chi connectivity index (χ1v) is 11.6. The fraction of sp³-hybridized carbons (Fsp3) is 0.381. The normalized spacial score (nSPS) is 11.8. The maximum Gasteiger partial charge on any atom is 0.255 e. The molecule has 0 spiro atoms. The van der Waals surface area contributed by atoms with Crippen molar-refractivity contribution in [2.45, 2.75) is 45.2 Å². The molecule has 28 heavy (non-hydrogen) atoms. The minimum Gasteiger partial charge on any atom is -0.332 e. The van der Waals surface area contributed by atoms with Gasteiger partial charge in [-0.15, -0.1) is 0 Å². The van der Waals surface area contributed by atoms with Crippen LogP contribution in [-0.4, -0.2) is 42.7 Å². The van der Waals surface area contributed by atoms with Crippen LogP contribution in [0, 0.1) is 0 Å². The molecule has 0 saturated carbocycles. The summed E-state index contributed by atoms with van der Waals surface area (Å²) >= 11 is 3.42. The summed E-state index contributed by atoms with van der Waals surface area (Å²) in [6.45, 7) is 8.71. The zero-order valence-electron chi connectivity index (χ0n) is 16.7. The van der Waals surface area contributed by atoms with Crippen molar-refractivity contribution in [2.75, 3.05) is 13.1 Å². The maximum absolute atomic E-state index is 13.3. The number of carbonyl (C=O) groups excluding carboxylic acids is 1. The average Bonchev–Trinajstić information content (AvgIpc) is 2.67. The van der Waals surface area contributed by atoms with Crippen LogP contribution < -0.4 is 0 Å². The number of benzene rings is 2. The van der Waals surface area contributed by atoms with Gasteiger partial charge in [-0.3, -0.25) is 4.79 Å². The van der Waals surface area contributed by atoms with E-state index < -0.39 is 10.0 Å². The molecule has 0 bridgehead atoms. The maximum atomic E-state index is 13.3. The van der Waals surface area contributed by atoms with Crippen molar-refractivity contribution in [3.63, 3.8) is 0 Å². The Hall–Kier alpha value is -1.70. The molecule has 2 aromatic rings. The van der Waals surface area contributed by atoms with Crippen LogP contribution in [0.5, 0.6) is 0 Å². The van der Waals surface area contributed by atoms with Gasteiger partial charge in [0.1, 0.15) is 0 Å². The number of rotatable bonds is 8. The van der Waals surface area contributed by atoms with E-state index in [0.717, 1.165) is 5.56 Å². The highest BCUT2D eigenvalue weighted by Gasteiger charge is 2.26. The van der Waals surface area contributed by atoms with E-state index in [1.54, 1.807) is 24.8 Å². The second kappa shape index (κ2) is 9.67. The predicted molar refractivity (Wildman–Crippen MR) is 116 cm³/mol. The Labute approximate surface area is 176 Å². The van der Waals surface area contributed by atoms with Gasteiger partial charge in [-0.1, -0.05) is 44.2 Å². The van der Waals surface area contributed by atoms with Crippen molar-refractivity contribution >= 4 is 31.9 Å². The Kier molecular flexibility index (Phi) is 7.80. The molecule has 0 fully saturated rings. The lowest BCUT2D eigenvalue weighted by Gasteiger charge is -2.28. The van der Waals surface area contributed by atoms with Gasteiger partial charge in [-0.05, 0) is 53.5 Å². The van der Waals surface area contributed by atoms with Crippen molar-refractivity contribution in [3.8, 4) is 0 Å². The second-order valence-electron chi connectivity index (χ2n) is 6.74. The van der Waals surface area contributed by atoms with Gasteiger partial charge in [0.2, 0.25) is 10.0 Å². The molecule has 7 heteroatoms. The SMILES string of the molecule is CCN(CC)S(=O)(=O)c1ccc(Br)c(C(=O)N(Cc2ccccc2)C(C)C)c1. The molecule has 152 valence electrons. The smallest absolute Gasteiger partial charge is 0.255 e. The summed E-state index contributed by atoms with van der Waals surface area (Å²) in [6.07, 6.45) is 0. The Morgan fingerprint density at radius 3 is 2.18 bits per heavy atom. The predicted octanol–water partition coefficient (Wildman–Crippen LogP) is 4.53. The fourth-order valence-corrected chi connectivity index (χ4v) is 4.87. The number of nitrogens with zero attached hydrogens (tertiary/aromatic N) is 2. The van der Waals surface area contributed by atoms with Crippen LogP contribution in [0.3, 0.4) is 0 Å². The summed E-state index contributed by atoms with van der Waals surface area (Å²) in [5, 5.41) is 0. The van der Waals surface area contributed by atoms with E-state index in [1.165, 1.54) is 16.4 Å². The first-order chi connectivity index (χ1) is 13.2. The Bertz CT molecular complexity index is 911. The third kappa shape index (κ3) is 5.01. The van der Waals surface area contributed by atoms with Gasteiger partial charge in [0.05, 0.1) is 10.5 Å². The van der Waals surface area contributed by atoms with E-state index in [9.17, 15) is 13.2 Å². The van der Waals surface area contributed by atoms with Crippen molar-refractivity contribution in [1.29, 1.82) is 0 Å². The third-order valence-electron chi connectivity index (χ3n) is 4.59. The largest absolute Gasteiger partial charge is 0.332 e. The summed E-state index contributed by atoms with van der Waals surface area (Å²) in [7, 11) is -3.64. The van der Waals surface area contributed by atoms with E-state index >= 15 is 0 Å². The molecule has 0 radical (unpaired) electrons. The first-order valence-electron chi connectivity index (χ1n) is 9.36. The molecule has 0 aromatic heterocycles. The van der Waals surface area contributed by atoms with E-state index in [0.29, 0.717) is 29.7 Å². The number of carbonyl (C=O) groups is 1. The molecule has 0 unspecified atom stereocenters. The van der Waals surface area contributed by atoms with Gasteiger partial charge in [0, 0.05) is 30.1 Å². The number of hydrogen-bond donors (Lipinski definition) is 0. The monoisotopic (exact) mass is 466 g/mol. The zero-order chi connectivity index (χ0) is 20.9. The van der Waals surface area contributed by atoms with E-state index in [4.69, 9.17) is 0 Å². The van der Waals surface area contributed by atoms with E-state index in [2.05, 4.69) is 15.9 Å². The minimum atomic E-state index is -3.64. The van der Waals surface area contributed by atoms with Crippen LogP contribution in [0.15, 0.2) is 57.9 Å².